The van der Waals surface area contributed by atoms with Crippen molar-refractivity contribution >= 4 is 17.6 Å². The highest BCUT2D eigenvalue weighted by molar-refractivity contribution is 5.82. The number of para-hydroxylation sites is 1. The number of carbonyl (C=O) groups is 2. The van der Waals surface area contributed by atoms with Crippen LogP contribution in [0.2, 0.25) is 0 Å². The van der Waals surface area contributed by atoms with Gasteiger partial charge in [0.1, 0.15) is 5.75 Å². The molecule has 1 amide bonds. The molecule has 2 fully saturated rings. The number of nitrogens with zero attached hydrogens (tertiary/aromatic N) is 2. The van der Waals surface area contributed by atoms with Gasteiger partial charge in [0.25, 0.3) is 0 Å². The molecule has 0 spiro atoms. The van der Waals surface area contributed by atoms with Crippen molar-refractivity contribution in [2.45, 2.75) is 76.0 Å². The van der Waals surface area contributed by atoms with E-state index in [-0.39, 0.29) is 48.5 Å². The molecule has 0 radical (unpaired) electrons. The van der Waals surface area contributed by atoms with Crippen LogP contribution in [0.15, 0.2) is 48.5 Å². The van der Waals surface area contributed by atoms with Crippen molar-refractivity contribution in [1.82, 2.24) is 4.90 Å². The van der Waals surface area contributed by atoms with Gasteiger partial charge in [-0.05, 0) is 55.0 Å². The van der Waals surface area contributed by atoms with E-state index in [0.29, 0.717) is 6.54 Å². The minimum absolute atomic E-state index is 0.00204. The second-order valence-corrected chi connectivity index (χ2v) is 9.91. The SMILES string of the molecule is O=C(O)CCC(=O)N(C1CC1)[C@H]1c2ccccc2N(Cc2ccc(OC(F)(F)F)cc2)[C@@H]2CCC[C@@H]21. The first-order chi connectivity index (χ1) is 17.2. The number of carbonyl (C=O) groups excluding carboxylic acids is 1. The monoisotopic (exact) mass is 502 g/mol. The number of ether oxygens (including phenoxy) is 1. The second kappa shape index (κ2) is 9.67. The topological polar surface area (TPSA) is 70.1 Å². The zero-order valence-corrected chi connectivity index (χ0v) is 19.8. The number of aliphatic carboxylic acids is 1. The summed E-state index contributed by atoms with van der Waals surface area (Å²) >= 11 is 0. The molecule has 36 heavy (non-hydrogen) atoms. The van der Waals surface area contributed by atoms with E-state index < -0.39 is 12.3 Å². The maximum Gasteiger partial charge on any atom is 0.573 e. The first-order valence-corrected chi connectivity index (χ1v) is 12.4. The van der Waals surface area contributed by atoms with Crippen LogP contribution in [0.5, 0.6) is 5.75 Å². The van der Waals surface area contributed by atoms with E-state index >= 15 is 0 Å². The Bertz CT molecular complexity index is 1120. The molecule has 0 saturated heterocycles. The minimum atomic E-state index is -4.73. The van der Waals surface area contributed by atoms with E-state index in [2.05, 4.69) is 15.7 Å². The summed E-state index contributed by atoms with van der Waals surface area (Å²) in [6.07, 6.45) is -0.0791. The number of halogens is 3. The van der Waals surface area contributed by atoms with Crippen LogP contribution >= 0.6 is 0 Å². The van der Waals surface area contributed by atoms with E-state index in [1.807, 2.05) is 23.1 Å². The molecule has 1 aliphatic heterocycles. The lowest BCUT2D eigenvalue weighted by molar-refractivity contribution is -0.274. The van der Waals surface area contributed by atoms with Crippen molar-refractivity contribution in [2.24, 2.45) is 5.92 Å². The quantitative estimate of drug-likeness (QED) is 0.504. The number of fused-ring (bicyclic) bond motifs is 2. The van der Waals surface area contributed by atoms with Gasteiger partial charge in [-0.1, -0.05) is 36.8 Å². The normalized spacial score (nSPS) is 23.1. The van der Waals surface area contributed by atoms with Gasteiger partial charge in [-0.2, -0.15) is 0 Å². The fourth-order valence-corrected chi connectivity index (χ4v) is 5.97. The second-order valence-electron chi connectivity index (χ2n) is 9.91. The number of carboxylic acid groups (broad SMARTS) is 1. The molecule has 0 bridgehead atoms. The first kappa shape index (κ1) is 24.5. The van der Waals surface area contributed by atoms with Gasteiger partial charge >= 0.3 is 12.3 Å². The molecule has 2 aromatic rings. The Hall–Kier alpha value is -3.23. The predicted octanol–water partition coefficient (Wildman–Crippen LogP) is 5.67. The maximum atomic E-state index is 13.3. The number of alkyl halides is 3. The number of benzene rings is 2. The average molecular weight is 503 g/mol. The number of rotatable bonds is 8. The largest absolute Gasteiger partial charge is 0.573 e. The van der Waals surface area contributed by atoms with Crippen LogP contribution in [0.3, 0.4) is 0 Å². The van der Waals surface area contributed by atoms with Gasteiger partial charge in [-0.25, -0.2) is 0 Å². The Morgan fingerprint density at radius 2 is 1.72 bits per heavy atom. The molecule has 192 valence electrons. The predicted molar refractivity (Wildman–Crippen MR) is 126 cm³/mol. The molecule has 9 heteroatoms. The maximum absolute atomic E-state index is 13.3. The Balaban J connectivity index is 1.45. The van der Waals surface area contributed by atoms with Crippen LogP contribution in [0.4, 0.5) is 18.9 Å². The third-order valence-electron chi connectivity index (χ3n) is 7.49. The molecular formula is C27H29F3N2O4. The smallest absolute Gasteiger partial charge is 0.481 e. The van der Waals surface area contributed by atoms with Crippen LogP contribution in [-0.4, -0.2) is 40.3 Å². The number of hydrogen-bond acceptors (Lipinski definition) is 4. The summed E-state index contributed by atoms with van der Waals surface area (Å²) in [5.41, 5.74) is 2.96. The van der Waals surface area contributed by atoms with Gasteiger partial charge in [0.05, 0.1) is 12.5 Å². The Morgan fingerprint density at radius 1 is 1.00 bits per heavy atom. The average Bonchev–Trinajstić information content (AvgIpc) is 3.54. The standard InChI is InChI=1S/C27H29F3N2O4/c28-27(29,30)36-19-12-8-17(9-13-19)16-31-22-6-2-1-4-20(22)26(21-5-3-7-23(21)31)32(18-10-11-18)24(33)14-15-25(34)35/h1-2,4,6,8-9,12-13,18,21,23,26H,3,5,7,10-11,14-16H2,(H,34,35)/t21-,23+,26-/m0/s1. The molecule has 2 aliphatic carbocycles. The van der Waals surface area contributed by atoms with Gasteiger partial charge in [0.15, 0.2) is 0 Å². The van der Waals surface area contributed by atoms with Crippen LogP contribution in [0.1, 0.15) is 62.1 Å². The van der Waals surface area contributed by atoms with E-state index in [9.17, 15) is 22.8 Å². The van der Waals surface area contributed by atoms with Crippen molar-refractivity contribution in [3.05, 3.63) is 59.7 Å². The minimum Gasteiger partial charge on any atom is -0.481 e. The molecule has 2 saturated carbocycles. The summed E-state index contributed by atoms with van der Waals surface area (Å²) in [6, 6.07) is 14.3. The Labute approximate surface area is 207 Å². The third-order valence-corrected chi connectivity index (χ3v) is 7.49. The van der Waals surface area contributed by atoms with Gasteiger partial charge in [0.2, 0.25) is 5.91 Å². The Kier molecular flexibility index (Phi) is 6.57. The molecule has 0 unspecified atom stereocenters. The molecule has 1 N–H and O–H groups in total. The third kappa shape index (κ3) is 5.15. The van der Waals surface area contributed by atoms with Crippen molar-refractivity contribution in [3.63, 3.8) is 0 Å². The molecule has 0 aromatic heterocycles. The van der Waals surface area contributed by atoms with Crippen LogP contribution in [0, 0.1) is 5.92 Å². The van der Waals surface area contributed by atoms with Crippen molar-refractivity contribution in [2.75, 3.05) is 4.90 Å². The highest BCUT2D eigenvalue weighted by Gasteiger charge is 2.49. The fourth-order valence-electron chi connectivity index (χ4n) is 5.97. The van der Waals surface area contributed by atoms with Gasteiger partial charge < -0.3 is 19.6 Å². The highest BCUT2D eigenvalue weighted by atomic mass is 19.4. The summed E-state index contributed by atoms with van der Waals surface area (Å²) in [4.78, 5) is 28.7. The van der Waals surface area contributed by atoms with Crippen LogP contribution in [0.25, 0.3) is 0 Å². The van der Waals surface area contributed by atoms with Gasteiger partial charge in [0, 0.05) is 36.7 Å². The van der Waals surface area contributed by atoms with Crippen molar-refractivity contribution in [3.8, 4) is 5.75 Å². The van der Waals surface area contributed by atoms with Crippen LogP contribution < -0.4 is 9.64 Å². The molecule has 3 atom stereocenters. The summed E-state index contributed by atoms with van der Waals surface area (Å²) in [7, 11) is 0. The molecule has 5 rings (SSSR count). The summed E-state index contributed by atoms with van der Waals surface area (Å²) < 4.78 is 41.7. The molecular weight excluding hydrogens is 473 g/mol. The lowest BCUT2D eigenvalue weighted by Crippen LogP contribution is -2.50. The number of carboxylic acids is 1. The van der Waals surface area contributed by atoms with Gasteiger partial charge in [-0.3, -0.25) is 9.59 Å². The zero-order chi connectivity index (χ0) is 25.4. The molecule has 3 aliphatic rings. The molecule has 1 heterocycles. The zero-order valence-electron chi connectivity index (χ0n) is 19.8. The van der Waals surface area contributed by atoms with E-state index in [0.717, 1.165) is 48.9 Å². The van der Waals surface area contributed by atoms with Gasteiger partial charge in [-0.15, -0.1) is 13.2 Å². The van der Waals surface area contributed by atoms with Crippen molar-refractivity contribution in [1.29, 1.82) is 0 Å². The van der Waals surface area contributed by atoms with E-state index in [1.54, 1.807) is 12.1 Å². The lowest BCUT2D eigenvalue weighted by Gasteiger charge is -2.49. The number of hydrogen-bond donors (Lipinski definition) is 1. The lowest BCUT2D eigenvalue weighted by atomic mass is 9.81. The molecule has 6 nitrogen and oxygen atoms in total. The van der Waals surface area contributed by atoms with Crippen molar-refractivity contribution < 1.29 is 32.6 Å². The highest BCUT2D eigenvalue weighted by Crippen LogP contribution is 2.53. The van der Waals surface area contributed by atoms with E-state index in [4.69, 9.17) is 5.11 Å². The summed E-state index contributed by atoms with van der Waals surface area (Å²) in [5, 5.41) is 9.12. The number of anilines is 1. The number of amides is 1. The molecule has 2 aromatic carbocycles. The Morgan fingerprint density at radius 3 is 2.39 bits per heavy atom. The first-order valence-electron chi connectivity index (χ1n) is 12.4. The van der Waals surface area contributed by atoms with Crippen LogP contribution in [-0.2, 0) is 16.1 Å². The summed E-state index contributed by atoms with van der Waals surface area (Å²) in [5.74, 6) is -1.11. The fraction of sp³-hybridized carbons (Fsp3) is 0.481. The van der Waals surface area contributed by atoms with E-state index in [1.165, 1.54) is 12.1 Å². The summed E-state index contributed by atoms with van der Waals surface area (Å²) in [6.45, 7) is 0.535.